The molecule has 61 heavy (non-hydrogen) atoms. The van der Waals surface area contributed by atoms with Crippen LogP contribution in [0.15, 0.2) is 24.3 Å². The van der Waals surface area contributed by atoms with Crippen LogP contribution < -0.4 is 5.32 Å². The van der Waals surface area contributed by atoms with Gasteiger partial charge in [-0.25, -0.2) is 0 Å². The fourth-order valence-corrected chi connectivity index (χ4v) is 7.42. The molecule has 0 aromatic carbocycles. The normalized spacial score (nSPS) is 35.8. The highest BCUT2D eigenvalue weighted by Gasteiger charge is 2.53. The molecular formula is C42H75NO18. The van der Waals surface area contributed by atoms with Crippen molar-refractivity contribution in [1.82, 2.24) is 5.32 Å². The van der Waals surface area contributed by atoms with Gasteiger partial charge in [0.1, 0.15) is 73.2 Å². The lowest BCUT2D eigenvalue weighted by atomic mass is 9.96. The molecule has 0 spiro atoms. The van der Waals surface area contributed by atoms with Gasteiger partial charge in [0, 0.05) is 6.42 Å². The molecule has 3 aliphatic rings. The first-order valence-electron chi connectivity index (χ1n) is 22.1. The first-order chi connectivity index (χ1) is 29.3. The molecule has 3 fully saturated rings. The Hall–Kier alpha value is -1.73. The Morgan fingerprint density at radius 1 is 0.574 bits per heavy atom. The van der Waals surface area contributed by atoms with Crippen molar-refractivity contribution < 1.29 is 89.4 Å². The Labute approximate surface area is 358 Å². The number of aliphatic hydroxyl groups excluding tert-OH is 11. The van der Waals surface area contributed by atoms with Gasteiger partial charge in [-0.15, -0.1) is 0 Å². The Morgan fingerprint density at radius 2 is 1.07 bits per heavy atom. The van der Waals surface area contributed by atoms with Crippen molar-refractivity contribution in [3.05, 3.63) is 24.3 Å². The zero-order valence-electron chi connectivity index (χ0n) is 35.6. The highest BCUT2D eigenvalue weighted by molar-refractivity contribution is 5.76. The van der Waals surface area contributed by atoms with Crippen molar-refractivity contribution >= 4 is 5.91 Å². The van der Waals surface area contributed by atoms with Crippen LogP contribution in [0, 0.1) is 0 Å². The van der Waals surface area contributed by atoms with Gasteiger partial charge in [-0.1, -0.05) is 83.1 Å². The molecule has 3 heterocycles. The quantitative estimate of drug-likeness (QED) is 0.0328. The van der Waals surface area contributed by atoms with Gasteiger partial charge in [0.25, 0.3) is 0 Å². The number of carbonyl (C=O) groups is 1. The second-order valence-corrected chi connectivity index (χ2v) is 16.2. The Kier molecular flexibility index (Phi) is 25.4. The first-order valence-corrected chi connectivity index (χ1v) is 22.1. The van der Waals surface area contributed by atoms with Crippen molar-refractivity contribution in [3.8, 4) is 0 Å². The van der Waals surface area contributed by atoms with Crippen molar-refractivity contribution in [1.29, 1.82) is 0 Å². The Morgan fingerprint density at radius 3 is 1.62 bits per heavy atom. The summed E-state index contributed by atoms with van der Waals surface area (Å²) in [4.78, 5) is 13.0. The van der Waals surface area contributed by atoms with Gasteiger partial charge >= 0.3 is 0 Å². The number of amides is 1. The lowest BCUT2D eigenvalue weighted by Crippen LogP contribution is -2.66. The highest BCUT2D eigenvalue weighted by atomic mass is 16.8. The summed E-state index contributed by atoms with van der Waals surface area (Å²) in [6, 6.07) is -0.968. The number of aliphatic hydroxyl groups is 11. The maximum absolute atomic E-state index is 13.0. The van der Waals surface area contributed by atoms with E-state index < -0.39 is 124 Å². The SMILES string of the molecule is CCC/C=C/C(O)C(COC1OC(CO)C(OC2OC(CO)C(OC3OC(CO)C(O)C(O)C3O)C(O)C2O)C(O)C1O)NC(=O)CCCCCCC/C=C\CCCCCC. The average Bonchev–Trinajstić information content (AvgIpc) is 3.25. The van der Waals surface area contributed by atoms with Crippen molar-refractivity contribution in [2.75, 3.05) is 26.4 Å². The highest BCUT2D eigenvalue weighted by Crippen LogP contribution is 2.33. The summed E-state index contributed by atoms with van der Waals surface area (Å²) >= 11 is 0. The van der Waals surface area contributed by atoms with E-state index in [-0.39, 0.29) is 18.9 Å². The summed E-state index contributed by atoms with van der Waals surface area (Å²) in [5.41, 5.74) is 0. The lowest BCUT2D eigenvalue weighted by Gasteiger charge is -2.48. The summed E-state index contributed by atoms with van der Waals surface area (Å²) < 4.78 is 33.8. The number of nitrogens with one attached hydrogen (secondary N) is 1. The van der Waals surface area contributed by atoms with Gasteiger partial charge in [0.15, 0.2) is 18.9 Å². The average molecular weight is 882 g/mol. The Balaban J connectivity index is 1.54. The van der Waals surface area contributed by atoms with E-state index in [1.807, 2.05) is 6.92 Å². The van der Waals surface area contributed by atoms with E-state index in [0.717, 1.165) is 44.9 Å². The summed E-state index contributed by atoms with van der Waals surface area (Å²) in [5.74, 6) is -0.301. The van der Waals surface area contributed by atoms with Crippen LogP contribution in [0.5, 0.6) is 0 Å². The van der Waals surface area contributed by atoms with Gasteiger partial charge in [-0.2, -0.15) is 0 Å². The number of allylic oxidation sites excluding steroid dienone is 3. The second kappa shape index (κ2) is 28.9. The van der Waals surface area contributed by atoms with Crippen molar-refractivity contribution in [3.63, 3.8) is 0 Å². The third kappa shape index (κ3) is 16.6. The van der Waals surface area contributed by atoms with E-state index in [4.69, 9.17) is 28.4 Å². The molecule has 0 aliphatic carbocycles. The molecule has 3 rings (SSSR count). The molecule has 12 N–H and O–H groups in total. The van der Waals surface area contributed by atoms with Crippen LogP contribution in [0.25, 0.3) is 0 Å². The van der Waals surface area contributed by atoms with Crippen LogP contribution in [0.4, 0.5) is 0 Å². The van der Waals surface area contributed by atoms with E-state index >= 15 is 0 Å². The van der Waals surface area contributed by atoms with E-state index in [1.54, 1.807) is 6.08 Å². The standard InChI is InChI=1S/C42H75NO18/c1-3-5-7-8-9-10-11-12-13-14-15-16-18-20-30(48)43-25(26(47)19-17-6-4-2)24-56-40-36(54)33(51)38(28(22-45)58-40)61-42-37(55)34(52)39(29(23-46)59-42)60-41-35(53)32(50)31(49)27(21-44)57-41/h10-11,17,19,25-29,31-42,44-47,49-55H,3-9,12-16,18,20-24H2,1-2H3,(H,43,48)/b11-10-,19-17+. The molecule has 0 radical (unpaired) electrons. The summed E-state index contributed by atoms with van der Waals surface area (Å²) in [6.07, 6.45) is -5.32. The monoisotopic (exact) mass is 881 g/mol. The zero-order valence-corrected chi connectivity index (χ0v) is 35.6. The molecule has 0 aromatic rings. The minimum absolute atomic E-state index is 0.230. The van der Waals surface area contributed by atoms with E-state index in [0.29, 0.717) is 12.8 Å². The molecule has 356 valence electrons. The van der Waals surface area contributed by atoms with Gasteiger partial charge in [0.2, 0.25) is 5.91 Å². The summed E-state index contributed by atoms with van der Waals surface area (Å²) in [7, 11) is 0. The fourth-order valence-electron chi connectivity index (χ4n) is 7.42. The van der Waals surface area contributed by atoms with Crippen LogP contribution in [0.3, 0.4) is 0 Å². The molecule has 3 aliphatic heterocycles. The van der Waals surface area contributed by atoms with E-state index in [2.05, 4.69) is 24.4 Å². The number of hydrogen-bond donors (Lipinski definition) is 12. The third-order valence-electron chi connectivity index (χ3n) is 11.2. The lowest BCUT2D eigenvalue weighted by molar-refractivity contribution is -0.379. The molecule has 1 amide bonds. The Bertz CT molecular complexity index is 1240. The van der Waals surface area contributed by atoms with E-state index in [9.17, 15) is 61.0 Å². The molecule has 0 saturated carbocycles. The molecule has 0 bridgehead atoms. The minimum Gasteiger partial charge on any atom is -0.394 e. The van der Waals surface area contributed by atoms with Crippen molar-refractivity contribution in [2.24, 2.45) is 0 Å². The molecule has 3 saturated heterocycles. The summed E-state index contributed by atoms with van der Waals surface area (Å²) in [5, 5.41) is 118. The van der Waals surface area contributed by atoms with Crippen LogP contribution in [-0.2, 0) is 33.2 Å². The number of carbonyl (C=O) groups excluding carboxylic acids is 1. The summed E-state index contributed by atoms with van der Waals surface area (Å²) in [6.45, 7) is 1.39. The van der Waals surface area contributed by atoms with Gasteiger partial charge < -0.3 is 89.9 Å². The van der Waals surface area contributed by atoms with E-state index in [1.165, 1.54) is 31.8 Å². The number of unbranched alkanes of at least 4 members (excludes halogenated alkanes) is 10. The smallest absolute Gasteiger partial charge is 0.220 e. The number of ether oxygens (including phenoxy) is 6. The van der Waals surface area contributed by atoms with Crippen molar-refractivity contribution in [2.45, 2.75) is 208 Å². The topological polar surface area (TPSA) is 307 Å². The van der Waals surface area contributed by atoms with Crippen LogP contribution in [0.2, 0.25) is 0 Å². The number of rotatable bonds is 28. The zero-order chi connectivity index (χ0) is 44.9. The van der Waals surface area contributed by atoms with Gasteiger partial charge in [-0.05, 0) is 38.5 Å². The fraction of sp³-hybridized carbons (Fsp3) is 0.881. The number of hydrogen-bond acceptors (Lipinski definition) is 18. The minimum atomic E-state index is -1.97. The largest absolute Gasteiger partial charge is 0.394 e. The molecule has 19 nitrogen and oxygen atoms in total. The van der Waals surface area contributed by atoms with Crippen LogP contribution >= 0.6 is 0 Å². The second-order valence-electron chi connectivity index (χ2n) is 16.2. The predicted octanol–water partition coefficient (Wildman–Crippen LogP) is -1.09. The maximum Gasteiger partial charge on any atom is 0.220 e. The first kappa shape index (κ1) is 53.6. The molecule has 0 aromatic heterocycles. The molecular weight excluding hydrogens is 806 g/mol. The van der Waals surface area contributed by atoms with Gasteiger partial charge in [-0.3, -0.25) is 4.79 Å². The molecule has 19 heteroatoms. The van der Waals surface area contributed by atoms with Crippen LogP contribution in [0.1, 0.15) is 104 Å². The third-order valence-corrected chi connectivity index (χ3v) is 11.2. The van der Waals surface area contributed by atoms with Crippen LogP contribution in [-0.4, -0.2) is 193 Å². The molecule has 17 atom stereocenters. The maximum atomic E-state index is 13.0. The van der Waals surface area contributed by atoms with Gasteiger partial charge in [0.05, 0.1) is 38.6 Å². The molecule has 17 unspecified atom stereocenters. The predicted molar refractivity (Wildman–Crippen MR) is 217 cm³/mol.